The van der Waals surface area contributed by atoms with Crippen LogP contribution in [-0.4, -0.2) is 18.0 Å². The number of nitrogens with one attached hydrogen (secondary N) is 1. The summed E-state index contributed by atoms with van der Waals surface area (Å²) in [5.74, 6) is -0.512. The van der Waals surface area contributed by atoms with E-state index in [2.05, 4.69) is 5.32 Å². The minimum atomic E-state index is -0.340. The summed E-state index contributed by atoms with van der Waals surface area (Å²) in [5, 5.41) is 2.93. The molecule has 1 aliphatic rings. The van der Waals surface area contributed by atoms with Gasteiger partial charge in [0.1, 0.15) is 5.82 Å². The van der Waals surface area contributed by atoms with Crippen molar-refractivity contribution in [2.24, 2.45) is 11.1 Å². The predicted molar refractivity (Wildman–Crippen MR) is 64.0 cm³/mol. The van der Waals surface area contributed by atoms with Gasteiger partial charge in [0.15, 0.2) is 0 Å². The van der Waals surface area contributed by atoms with Crippen LogP contribution in [-0.2, 0) is 0 Å². The fourth-order valence-electron chi connectivity index (χ4n) is 2.05. The number of hydrogen-bond donors (Lipinski definition) is 2. The molecular weight excluding hydrogens is 219 g/mol. The van der Waals surface area contributed by atoms with Crippen molar-refractivity contribution >= 4 is 5.91 Å². The summed E-state index contributed by atoms with van der Waals surface area (Å²) >= 11 is 0. The van der Waals surface area contributed by atoms with Crippen LogP contribution in [0.15, 0.2) is 24.3 Å². The van der Waals surface area contributed by atoms with Gasteiger partial charge in [-0.1, -0.05) is 13.8 Å². The van der Waals surface area contributed by atoms with Gasteiger partial charge in [0.05, 0.1) is 0 Å². The van der Waals surface area contributed by atoms with E-state index in [0.29, 0.717) is 5.56 Å². The summed E-state index contributed by atoms with van der Waals surface area (Å²) in [7, 11) is 0. The Hall–Kier alpha value is -1.42. The highest BCUT2D eigenvalue weighted by Crippen LogP contribution is 2.39. The maximum absolute atomic E-state index is 12.7. The molecule has 0 spiro atoms. The number of carbonyl (C=O) groups is 1. The largest absolute Gasteiger partial charge is 0.349 e. The van der Waals surface area contributed by atoms with Crippen molar-refractivity contribution in [3.8, 4) is 0 Å². The number of benzene rings is 1. The molecule has 1 aliphatic carbocycles. The molecule has 1 amide bonds. The second-order valence-electron chi connectivity index (χ2n) is 5.20. The van der Waals surface area contributed by atoms with Gasteiger partial charge >= 0.3 is 0 Å². The van der Waals surface area contributed by atoms with Crippen LogP contribution in [0.25, 0.3) is 0 Å². The van der Waals surface area contributed by atoms with E-state index < -0.39 is 0 Å². The van der Waals surface area contributed by atoms with E-state index in [4.69, 9.17) is 5.73 Å². The molecule has 2 rings (SSSR count). The monoisotopic (exact) mass is 236 g/mol. The Bertz CT molecular complexity index is 428. The smallest absolute Gasteiger partial charge is 0.251 e. The van der Waals surface area contributed by atoms with Gasteiger partial charge in [0, 0.05) is 23.1 Å². The molecule has 1 aromatic carbocycles. The Balaban J connectivity index is 2.01. The van der Waals surface area contributed by atoms with Crippen LogP contribution < -0.4 is 11.1 Å². The van der Waals surface area contributed by atoms with Gasteiger partial charge in [-0.3, -0.25) is 4.79 Å². The maximum atomic E-state index is 12.7. The first-order chi connectivity index (χ1) is 7.91. The number of nitrogens with two attached hydrogens (primary N) is 1. The molecular formula is C13H17FN2O. The van der Waals surface area contributed by atoms with Gasteiger partial charge in [0.25, 0.3) is 5.91 Å². The molecule has 0 heterocycles. The molecule has 3 N–H and O–H groups in total. The summed E-state index contributed by atoms with van der Waals surface area (Å²) in [5.41, 5.74) is 6.28. The van der Waals surface area contributed by atoms with Gasteiger partial charge in [0.2, 0.25) is 0 Å². The van der Waals surface area contributed by atoms with Crippen LogP contribution >= 0.6 is 0 Å². The number of carbonyl (C=O) groups excluding carboxylic acids is 1. The molecule has 2 unspecified atom stereocenters. The van der Waals surface area contributed by atoms with E-state index in [1.54, 1.807) is 0 Å². The summed E-state index contributed by atoms with van der Waals surface area (Å²) in [6, 6.07) is 5.75. The Morgan fingerprint density at radius 2 is 2.00 bits per heavy atom. The average Bonchev–Trinajstić information content (AvgIpc) is 2.29. The number of amides is 1. The molecule has 3 nitrogen and oxygen atoms in total. The van der Waals surface area contributed by atoms with E-state index in [1.165, 1.54) is 24.3 Å². The lowest BCUT2D eigenvalue weighted by molar-refractivity contribution is 0.0586. The molecule has 4 heteroatoms. The molecule has 0 saturated heterocycles. The summed E-state index contributed by atoms with van der Waals surface area (Å²) < 4.78 is 12.7. The maximum Gasteiger partial charge on any atom is 0.251 e. The van der Waals surface area contributed by atoms with Crippen molar-refractivity contribution in [2.75, 3.05) is 0 Å². The SMILES string of the molecule is CC1(C)C(N)CC1NC(=O)c1ccc(F)cc1. The van der Waals surface area contributed by atoms with Crippen molar-refractivity contribution in [3.05, 3.63) is 35.6 Å². The molecule has 0 aliphatic heterocycles. The van der Waals surface area contributed by atoms with E-state index in [-0.39, 0.29) is 29.2 Å². The van der Waals surface area contributed by atoms with Crippen LogP contribution in [0, 0.1) is 11.2 Å². The highest BCUT2D eigenvalue weighted by atomic mass is 19.1. The van der Waals surface area contributed by atoms with Gasteiger partial charge in [-0.15, -0.1) is 0 Å². The Morgan fingerprint density at radius 1 is 1.41 bits per heavy atom. The molecule has 1 saturated carbocycles. The second kappa shape index (κ2) is 4.11. The zero-order valence-corrected chi connectivity index (χ0v) is 10.0. The third-order valence-corrected chi connectivity index (χ3v) is 3.76. The first kappa shape index (κ1) is 12.0. The number of hydrogen-bond acceptors (Lipinski definition) is 2. The van der Waals surface area contributed by atoms with E-state index >= 15 is 0 Å². The first-order valence-electron chi connectivity index (χ1n) is 5.73. The number of halogens is 1. The normalized spacial score (nSPS) is 26.1. The van der Waals surface area contributed by atoms with Crippen molar-refractivity contribution in [2.45, 2.75) is 32.4 Å². The minimum absolute atomic E-state index is 0.0737. The number of rotatable bonds is 2. The molecule has 17 heavy (non-hydrogen) atoms. The lowest BCUT2D eigenvalue weighted by Gasteiger charge is -2.50. The molecule has 0 aromatic heterocycles. The van der Waals surface area contributed by atoms with Gasteiger partial charge in [-0.05, 0) is 30.7 Å². The second-order valence-corrected chi connectivity index (χ2v) is 5.20. The van der Waals surface area contributed by atoms with Crippen molar-refractivity contribution in [3.63, 3.8) is 0 Å². The summed E-state index contributed by atoms with van der Waals surface area (Å²) in [6.07, 6.45) is 0.792. The molecule has 1 aromatic rings. The third-order valence-electron chi connectivity index (χ3n) is 3.76. The molecule has 1 fully saturated rings. The van der Waals surface area contributed by atoms with Crippen LogP contribution in [0.3, 0.4) is 0 Å². The van der Waals surface area contributed by atoms with Crippen molar-refractivity contribution < 1.29 is 9.18 Å². The highest BCUT2D eigenvalue weighted by molar-refractivity contribution is 5.94. The van der Waals surface area contributed by atoms with E-state index in [9.17, 15) is 9.18 Å². The minimum Gasteiger partial charge on any atom is -0.349 e. The standard InChI is InChI=1S/C13H17FN2O/c1-13(2)10(15)7-11(13)16-12(17)8-3-5-9(14)6-4-8/h3-6,10-11H,7,15H2,1-2H3,(H,16,17). The Morgan fingerprint density at radius 3 is 2.47 bits per heavy atom. The van der Waals surface area contributed by atoms with Crippen LogP contribution in [0.5, 0.6) is 0 Å². The highest BCUT2D eigenvalue weighted by Gasteiger charge is 2.46. The molecule has 2 atom stereocenters. The predicted octanol–water partition coefficient (Wildman–Crippen LogP) is 1.68. The zero-order chi connectivity index (χ0) is 12.6. The quantitative estimate of drug-likeness (QED) is 0.821. The lowest BCUT2D eigenvalue weighted by atomic mass is 9.63. The Kier molecular flexibility index (Phi) is 2.91. The Labute approximate surface area is 100 Å². The van der Waals surface area contributed by atoms with Crippen LogP contribution in [0.1, 0.15) is 30.6 Å². The molecule has 0 bridgehead atoms. The van der Waals surface area contributed by atoms with Crippen LogP contribution in [0.2, 0.25) is 0 Å². The third kappa shape index (κ3) is 2.17. The fraction of sp³-hybridized carbons (Fsp3) is 0.462. The van der Waals surface area contributed by atoms with Crippen LogP contribution in [0.4, 0.5) is 4.39 Å². The van der Waals surface area contributed by atoms with E-state index in [0.717, 1.165) is 6.42 Å². The molecule has 92 valence electrons. The van der Waals surface area contributed by atoms with E-state index in [1.807, 2.05) is 13.8 Å². The molecule has 0 radical (unpaired) electrons. The zero-order valence-electron chi connectivity index (χ0n) is 10.0. The van der Waals surface area contributed by atoms with Gasteiger partial charge in [-0.25, -0.2) is 4.39 Å². The van der Waals surface area contributed by atoms with Crippen molar-refractivity contribution in [1.29, 1.82) is 0 Å². The summed E-state index contributed by atoms with van der Waals surface area (Å²) in [4.78, 5) is 11.9. The van der Waals surface area contributed by atoms with Crippen molar-refractivity contribution in [1.82, 2.24) is 5.32 Å². The van der Waals surface area contributed by atoms with Gasteiger partial charge < -0.3 is 11.1 Å². The first-order valence-corrected chi connectivity index (χ1v) is 5.73. The lowest BCUT2D eigenvalue weighted by Crippen LogP contribution is -2.64. The fourth-order valence-corrected chi connectivity index (χ4v) is 2.05. The summed E-state index contributed by atoms with van der Waals surface area (Å²) in [6.45, 7) is 4.08. The van der Waals surface area contributed by atoms with Gasteiger partial charge in [-0.2, -0.15) is 0 Å². The topological polar surface area (TPSA) is 55.1 Å². The average molecular weight is 236 g/mol.